The van der Waals surface area contributed by atoms with Crippen LogP contribution in [0.15, 0.2) is 57.7 Å². The lowest BCUT2D eigenvalue weighted by atomic mass is 9.99. The minimum absolute atomic E-state index is 0.0398. The molecule has 0 aliphatic carbocycles. The summed E-state index contributed by atoms with van der Waals surface area (Å²) in [6.45, 7) is -0.491. The molecule has 4 rings (SSSR count). The second-order valence-electron chi connectivity index (χ2n) is 7.31. The topological polar surface area (TPSA) is 159 Å². The molecular formula is C22H22O10. The van der Waals surface area contributed by atoms with Gasteiger partial charge in [-0.2, -0.15) is 0 Å². The Bertz CT molecular complexity index is 1130. The van der Waals surface area contributed by atoms with Crippen molar-refractivity contribution in [3.63, 3.8) is 0 Å². The predicted octanol–water partition coefficient (Wildman–Crippen LogP) is 0.256. The van der Waals surface area contributed by atoms with Gasteiger partial charge in [0, 0.05) is 6.07 Å². The number of aliphatic hydroxyl groups is 4. The quantitative estimate of drug-likeness (QED) is 0.332. The third kappa shape index (κ3) is 4.27. The Morgan fingerprint density at radius 2 is 1.72 bits per heavy atom. The van der Waals surface area contributed by atoms with Crippen molar-refractivity contribution in [3.05, 3.63) is 64.5 Å². The maximum Gasteiger partial charge on any atom is 0.382 e. The summed E-state index contributed by atoms with van der Waals surface area (Å²) < 4.78 is 21.7. The molecule has 1 aliphatic heterocycles. The summed E-state index contributed by atoms with van der Waals surface area (Å²) in [5.74, 6) is -0.625. The molecule has 0 amide bonds. The van der Waals surface area contributed by atoms with Gasteiger partial charge in [-0.3, -0.25) is 0 Å². The summed E-state index contributed by atoms with van der Waals surface area (Å²) in [6.07, 6.45) is -7.25. The van der Waals surface area contributed by atoms with Crippen LogP contribution in [0.2, 0.25) is 0 Å². The van der Waals surface area contributed by atoms with Crippen LogP contribution in [0.1, 0.15) is 5.56 Å². The Kier molecular flexibility index (Phi) is 6.31. The van der Waals surface area contributed by atoms with Crippen molar-refractivity contribution < 1.29 is 44.2 Å². The molecule has 0 radical (unpaired) electrons. The van der Waals surface area contributed by atoms with E-state index in [4.69, 9.17) is 18.6 Å². The van der Waals surface area contributed by atoms with Crippen LogP contribution in [0.4, 0.5) is 0 Å². The van der Waals surface area contributed by atoms with E-state index >= 15 is 0 Å². The van der Waals surface area contributed by atoms with E-state index in [0.717, 1.165) is 5.56 Å². The van der Waals surface area contributed by atoms with E-state index in [1.54, 1.807) is 0 Å². The molecule has 170 valence electrons. The molecule has 5 atom stereocenters. The summed E-state index contributed by atoms with van der Waals surface area (Å²) in [5.41, 5.74) is -0.139. The Balaban J connectivity index is 1.60. The fourth-order valence-corrected chi connectivity index (χ4v) is 3.39. The standard InChI is InChI=1S/C22H22O10/c23-9-15-16(24)17(25)18(26)22(32-15)30-12-6-7-13-14(8-12)31-21(28)19(27)20(13)29-10-11-4-2-1-3-5-11/h1-8,15-18,22-27H,9-10H2/t15-,16-,17+,18+,22-/m1/s1. The monoisotopic (exact) mass is 446 g/mol. The van der Waals surface area contributed by atoms with E-state index in [9.17, 15) is 30.3 Å². The molecule has 0 spiro atoms. The number of fused-ring (bicyclic) bond motifs is 1. The van der Waals surface area contributed by atoms with Crippen molar-refractivity contribution in [2.24, 2.45) is 0 Å². The van der Waals surface area contributed by atoms with Gasteiger partial charge in [0.1, 0.15) is 42.4 Å². The average molecular weight is 446 g/mol. The van der Waals surface area contributed by atoms with Gasteiger partial charge in [0.2, 0.25) is 12.0 Å². The summed E-state index contributed by atoms with van der Waals surface area (Å²) in [7, 11) is 0. The van der Waals surface area contributed by atoms with Gasteiger partial charge in [-0.25, -0.2) is 4.79 Å². The lowest BCUT2D eigenvalue weighted by Crippen LogP contribution is -2.60. The fourth-order valence-electron chi connectivity index (χ4n) is 3.39. The molecule has 1 aromatic heterocycles. The van der Waals surface area contributed by atoms with E-state index in [2.05, 4.69) is 0 Å². The lowest BCUT2D eigenvalue weighted by molar-refractivity contribution is -0.277. The highest BCUT2D eigenvalue weighted by atomic mass is 16.7. The predicted molar refractivity (Wildman–Crippen MR) is 109 cm³/mol. The number of aromatic hydroxyl groups is 1. The molecule has 1 aliphatic rings. The van der Waals surface area contributed by atoms with E-state index in [0.29, 0.717) is 5.39 Å². The molecular weight excluding hydrogens is 424 g/mol. The van der Waals surface area contributed by atoms with Crippen molar-refractivity contribution in [1.82, 2.24) is 0 Å². The van der Waals surface area contributed by atoms with Crippen molar-refractivity contribution in [2.75, 3.05) is 6.61 Å². The molecule has 10 heteroatoms. The van der Waals surface area contributed by atoms with Gasteiger partial charge in [-0.15, -0.1) is 0 Å². The first-order valence-corrected chi connectivity index (χ1v) is 9.82. The van der Waals surface area contributed by atoms with Crippen molar-refractivity contribution in [1.29, 1.82) is 0 Å². The number of benzene rings is 2. The van der Waals surface area contributed by atoms with Crippen LogP contribution in [0.3, 0.4) is 0 Å². The zero-order valence-corrected chi connectivity index (χ0v) is 16.7. The normalized spacial score (nSPS) is 25.6. The van der Waals surface area contributed by atoms with Crippen LogP contribution in [0, 0.1) is 0 Å². The first-order valence-electron chi connectivity index (χ1n) is 9.82. The Morgan fingerprint density at radius 1 is 0.969 bits per heavy atom. The molecule has 3 aromatic rings. The summed E-state index contributed by atoms with van der Waals surface area (Å²) in [4.78, 5) is 12.1. The van der Waals surface area contributed by atoms with Crippen LogP contribution in [-0.4, -0.2) is 62.8 Å². The van der Waals surface area contributed by atoms with E-state index in [1.807, 2.05) is 30.3 Å². The molecule has 0 unspecified atom stereocenters. The van der Waals surface area contributed by atoms with Crippen LogP contribution >= 0.6 is 0 Å². The second kappa shape index (κ2) is 9.15. The Morgan fingerprint density at radius 3 is 2.44 bits per heavy atom. The number of hydrogen-bond donors (Lipinski definition) is 5. The van der Waals surface area contributed by atoms with Crippen LogP contribution in [0.5, 0.6) is 17.2 Å². The maximum absolute atomic E-state index is 12.1. The average Bonchev–Trinajstić information content (AvgIpc) is 2.80. The van der Waals surface area contributed by atoms with Gasteiger partial charge in [-0.1, -0.05) is 30.3 Å². The molecule has 1 saturated heterocycles. The SMILES string of the molecule is O=c1oc2cc(O[C@@H]3O[C@H](CO)[C@@H](O)[C@H](O)[C@@H]3O)ccc2c(OCc2ccccc2)c1O. The zero-order chi connectivity index (χ0) is 22.8. The number of rotatable bonds is 6. The lowest BCUT2D eigenvalue weighted by Gasteiger charge is -2.39. The van der Waals surface area contributed by atoms with Gasteiger partial charge in [0.25, 0.3) is 0 Å². The molecule has 0 saturated carbocycles. The van der Waals surface area contributed by atoms with Gasteiger partial charge in [-0.05, 0) is 17.7 Å². The number of hydrogen-bond acceptors (Lipinski definition) is 10. The molecule has 32 heavy (non-hydrogen) atoms. The maximum atomic E-state index is 12.1. The fraction of sp³-hybridized carbons (Fsp3) is 0.318. The second-order valence-corrected chi connectivity index (χ2v) is 7.31. The van der Waals surface area contributed by atoms with E-state index in [-0.39, 0.29) is 23.7 Å². The molecule has 1 fully saturated rings. The first kappa shape index (κ1) is 22.1. The third-order valence-electron chi connectivity index (χ3n) is 5.14. The zero-order valence-electron chi connectivity index (χ0n) is 16.7. The van der Waals surface area contributed by atoms with Crippen LogP contribution < -0.4 is 15.1 Å². The Labute approximate surface area is 181 Å². The first-order chi connectivity index (χ1) is 15.4. The smallest absolute Gasteiger partial charge is 0.382 e. The largest absolute Gasteiger partial charge is 0.499 e. The molecule has 2 aromatic carbocycles. The van der Waals surface area contributed by atoms with E-state index in [1.165, 1.54) is 18.2 Å². The highest BCUT2D eigenvalue weighted by Crippen LogP contribution is 2.35. The van der Waals surface area contributed by atoms with Crippen molar-refractivity contribution >= 4 is 11.0 Å². The summed E-state index contributed by atoms with van der Waals surface area (Å²) >= 11 is 0. The van der Waals surface area contributed by atoms with Crippen LogP contribution in [0.25, 0.3) is 11.0 Å². The molecule has 0 bridgehead atoms. The van der Waals surface area contributed by atoms with Crippen LogP contribution in [-0.2, 0) is 11.3 Å². The van der Waals surface area contributed by atoms with E-state index < -0.39 is 48.7 Å². The molecule has 2 heterocycles. The van der Waals surface area contributed by atoms with Gasteiger partial charge < -0.3 is 44.2 Å². The van der Waals surface area contributed by atoms with Gasteiger partial charge in [0.15, 0.2) is 5.75 Å². The molecule has 10 nitrogen and oxygen atoms in total. The number of aliphatic hydroxyl groups excluding tert-OH is 4. The Hall–Kier alpha value is -3.15. The van der Waals surface area contributed by atoms with Gasteiger partial charge >= 0.3 is 5.63 Å². The highest BCUT2D eigenvalue weighted by Gasteiger charge is 2.44. The van der Waals surface area contributed by atoms with Crippen molar-refractivity contribution in [3.8, 4) is 17.2 Å². The van der Waals surface area contributed by atoms with Gasteiger partial charge in [0.05, 0.1) is 12.0 Å². The minimum Gasteiger partial charge on any atom is -0.499 e. The third-order valence-corrected chi connectivity index (χ3v) is 5.14. The number of ether oxygens (including phenoxy) is 3. The molecule has 5 N–H and O–H groups in total. The van der Waals surface area contributed by atoms with Crippen molar-refractivity contribution in [2.45, 2.75) is 37.3 Å². The highest BCUT2D eigenvalue weighted by molar-refractivity contribution is 5.86. The minimum atomic E-state index is -1.60. The summed E-state index contributed by atoms with van der Waals surface area (Å²) in [5, 5.41) is 49.6. The summed E-state index contributed by atoms with van der Waals surface area (Å²) in [6, 6.07) is 13.4.